The van der Waals surface area contributed by atoms with Crippen molar-refractivity contribution < 1.29 is 9.53 Å². The molecule has 3 aromatic rings. The van der Waals surface area contributed by atoms with E-state index in [1.54, 1.807) is 0 Å². The second-order valence-electron chi connectivity index (χ2n) is 5.42. The first-order valence-electron chi connectivity index (χ1n) is 7.51. The molecule has 0 amide bonds. The van der Waals surface area contributed by atoms with Crippen LogP contribution in [0.4, 0.5) is 0 Å². The summed E-state index contributed by atoms with van der Waals surface area (Å²) in [4.78, 5) is 15.7. The van der Waals surface area contributed by atoms with Gasteiger partial charge in [0.15, 0.2) is 0 Å². The van der Waals surface area contributed by atoms with Gasteiger partial charge < -0.3 is 9.72 Å². The van der Waals surface area contributed by atoms with E-state index < -0.39 is 0 Å². The largest absolute Gasteiger partial charge is 0.457 e. The number of nitrogens with one attached hydrogen (secondary N) is 1. The Kier molecular flexibility index (Phi) is 3.96. The van der Waals surface area contributed by atoms with Crippen LogP contribution in [0.15, 0.2) is 48.5 Å². The highest BCUT2D eigenvalue weighted by Crippen LogP contribution is 2.24. The Morgan fingerprint density at radius 3 is 2.59 bits per heavy atom. The number of hydrogen-bond acceptors (Lipinski definition) is 2. The summed E-state index contributed by atoms with van der Waals surface area (Å²) in [5, 5.41) is 0.940. The highest BCUT2D eigenvalue weighted by molar-refractivity contribution is 6.05. The molecule has 0 saturated carbocycles. The van der Waals surface area contributed by atoms with Gasteiger partial charge in [-0.15, -0.1) is 0 Å². The number of aromatic nitrogens is 1. The van der Waals surface area contributed by atoms with Gasteiger partial charge in [-0.05, 0) is 36.6 Å². The Labute approximate surface area is 129 Å². The van der Waals surface area contributed by atoms with Gasteiger partial charge in [0.25, 0.3) is 0 Å². The fourth-order valence-electron chi connectivity index (χ4n) is 2.65. The van der Waals surface area contributed by atoms with Crippen LogP contribution in [0, 0.1) is 6.92 Å². The molecule has 1 N–H and O–H groups in total. The van der Waals surface area contributed by atoms with Crippen LogP contribution in [0.5, 0.6) is 0 Å². The predicted molar refractivity (Wildman–Crippen MR) is 88.0 cm³/mol. The first-order valence-corrected chi connectivity index (χ1v) is 7.51. The van der Waals surface area contributed by atoms with Crippen molar-refractivity contribution in [2.45, 2.75) is 26.9 Å². The molecule has 3 rings (SSSR count). The van der Waals surface area contributed by atoms with Crippen molar-refractivity contribution in [3.05, 3.63) is 70.9 Å². The molecule has 3 heteroatoms. The van der Waals surface area contributed by atoms with Gasteiger partial charge in [0.2, 0.25) is 0 Å². The van der Waals surface area contributed by atoms with Crippen LogP contribution in [0.2, 0.25) is 0 Å². The summed E-state index contributed by atoms with van der Waals surface area (Å²) in [7, 11) is 0. The minimum atomic E-state index is -0.277. The van der Waals surface area contributed by atoms with Crippen molar-refractivity contribution in [1.82, 2.24) is 4.98 Å². The van der Waals surface area contributed by atoms with Crippen molar-refractivity contribution in [2.75, 3.05) is 0 Å². The number of esters is 1. The minimum Gasteiger partial charge on any atom is -0.457 e. The average molecular weight is 293 g/mol. The van der Waals surface area contributed by atoms with E-state index in [9.17, 15) is 4.79 Å². The first kappa shape index (κ1) is 14.4. The Hall–Kier alpha value is -2.55. The molecule has 0 aliphatic carbocycles. The van der Waals surface area contributed by atoms with Gasteiger partial charge >= 0.3 is 5.97 Å². The summed E-state index contributed by atoms with van der Waals surface area (Å²) in [6.45, 7) is 4.30. The summed E-state index contributed by atoms with van der Waals surface area (Å²) in [6.07, 6.45) is 0.943. The second-order valence-corrected chi connectivity index (χ2v) is 5.42. The maximum atomic E-state index is 12.5. The summed E-state index contributed by atoms with van der Waals surface area (Å²) in [5.41, 5.74) is 4.66. The topological polar surface area (TPSA) is 42.1 Å². The van der Waals surface area contributed by atoms with Gasteiger partial charge in [0.1, 0.15) is 6.61 Å². The van der Waals surface area contributed by atoms with Crippen LogP contribution in [0.3, 0.4) is 0 Å². The van der Waals surface area contributed by atoms with Gasteiger partial charge in [-0.2, -0.15) is 0 Å². The molecule has 0 atom stereocenters. The summed E-state index contributed by atoms with van der Waals surface area (Å²) < 4.78 is 5.48. The lowest BCUT2D eigenvalue weighted by molar-refractivity contribution is 0.0474. The molecule has 1 heterocycles. The molecule has 2 aromatic carbocycles. The normalized spacial score (nSPS) is 10.8. The molecule has 0 aliphatic rings. The summed E-state index contributed by atoms with van der Waals surface area (Å²) in [5.74, 6) is -0.277. The molecule has 0 aliphatic heterocycles. The SMILES string of the molecule is CCc1ccc2[nH]c(C)c(C(=O)OCc3ccccc3)c2c1. The third-order valence-corrected chi connectivity index (χ3v) is 3.88. The Morgan fingerprint density at radius 1 is 1.09 bits per heavy atom. The van der Waals surface area contributed by atoms with Crippen molar-refractivity contribution in [3.8, 4) is 0 Å². The molecule has 0 unspecified atom stereocenters. The van der Waals surface area contributed by atoms with E-state index in [-0.39, 0.29) is 5.97 Å². The molecule has 0 saturated heterocycles. The highest BCUT2D eigenvalue weighted by Gasteiger charge is 2.17. The lowest BCUT2D eigenvalue weighted by Gasteiger charge is -2.05. The molecule has 0 radical (unpaired) electrons. The van der Waals surface area contributed by atoms with E-state index in [0.717, 1.165) is 28.6 Å². The van der Waals surface area contributed by atoms with Gasteiger partial charge in [-0.25, -0.2) is 4.79 Å². The molecule has 0 spiro atoms. The highest BCUT2D eigenvalue weighted by atomic mass is 16.5. The fraction of sp³-hybridized carbons (Fsp3) is 0.211. The molecule has 3 nitrogen and oxygen atoms in total. The van der Waals surface area contributed by atoms with Crippen molar-refractivity contribution in [1.29, 1.82) is 0 Å². The predicted octanol–water partition coefficient (Wildman–Crippen LogP) is 4.40. The number of ether oxygens (including phenoxy) is 1. The van der Waals surface area contributed by atoms with Crippen molar-refractivity contribution in [3.63, 3.8) is 0 Å². The molecular weight excluding hydrogens is 274 g/mol. The van der Waals surface area contributed by atoms with E-state index in [1.165, 1.54) is 5.56 Å². The molecule has 0 bridgehead atoms. The number of hydrogen-bond donors (Lipinski definition) is 1. The van der Waals surface area contributed by atoms with E-state index >= 15 is 0 Å². The van der Waals surface area contributed by atoms with E-state index in [0.29, 0.717) is 12.2 Å². The number of carbonyl (C=O) groups is 1. The van der Waals surface area contributed by atoms with Gasteiger partial charge in [-0.3, -0.25) is 0 Å². The smallest absolute Gasteiger partial charge is 0.340 e. The lowest BCUT2D eigenvalue weighted by Crippen LogP contribution is -2.06. The van der Waals surface area contributed by atoms with Crippen LogP contribution in [-0.4, -0.2) is 11.0 Å². The quantitative estimate of drug-likeness (QED) is 0.725. The third-order valence-electron chi connectivity index (χ3n) is 3.88. The maximum absolute atomic E-state index is 12.5. The number of fused-ring (bicyclic) bond motifs is 1. The van der Waals surface area contributed by atoms with Crippen LogP contribution < -0.4 is 0 Å². The van der Waals surface area contributed by atoms with Crippen LogP contribution in [-0.2, 0) is 17.8 Å². The fourth-order valence-corrected chi connectivity index (χ4v) is 2.65. The second kappa shape index (κ2) is 6.06. The number of aromatic amines is 1. The van der Waals surface area contributed by atoms with E-state index in [2.05, 4.69) is 24.0 Å². The number of carbonyl (C=O) groups excluding carboxylic acids is 1. The molecular formula is C19H19NO2. The minimum absolute atomic E-state index is 0.277. The molecule has 0 fully saturated rings. The van der Waals surface area contributed by atoms with E-state index in [4.69, 9.17) is 4.74 Å². The average Bonchev–Trinajstić information content (AvgIpc) is 2.88. The van der Waals surface area contributed by atoms with Crippen molar-refractivity contribution >= 4 is 16.9 Å². The lowest BCUT2D eigenvalue weighted by atomic mass is 10.1. The van der Waals surface area contributed by atoms with E-state index in [1.807, 2.05) is 43.3 Å². The Morgan fingerprint density at radius 2 is 1.86 bits per heavy atom. The third kappa shape index (κ3) is 2.75. The Balaban J connectivity index is 1.88. The van der Waals surface area contributed by atoms with Crippen molar-refractivity contribution in [2.24, 2.45) is 0 Å². The zero-order valence-corrected chi connectivity index (χ0v) is 12.8. The molecule has 112 valence electrons. The number of benzene rings is 2. The number of H-pyrrole nitrogens is 1. The first-order chi connectivity index (χ1) is 10.7. The van der Waals surface area contributed by atoms with Gasteiger partial charge in [0.05, 0.1) is 5.56 Å². The van der Waals surface area contributed by atoms with Crippen LogP contribution >= 0.6 is 0 Å². The zero-order valence-electron chi connectivity index (χ0n) is 12.8. The Bertz CT molecular complexity index is 803. The van der Waals surface area contributed by atoms with Gasteiger partial charge in [-0.1, -0.05) is 43.3 Å². The number of aryl methyl sites for hydroxylation is 2. The standard InChI is InChI=1S/C19H19NO2/c1-3-14-9-10-17-16(11-14)18(13(2)20-17)19(21)22-12-15-7-5-4-6-8-15/h4-11,20H,3,12H2,1-2H3. The summed E-state index contributed by atoms with van der Waals surface area (Å²) in [6, 6.07) is 15.9. The molecule has 1 aromatic heterocycles. The maximum Gasteiger partial charge on any atom is 0.340 e. The summed E-state index contributed by atoms with van der Waals surface area (Å²) >= 11 is 0. The van der Waals surface area contributed by atoms with Gasteiger partial charge in [0, 0.05) is 16.6 Å². The monoisotopic (exact) mass is 293 g/mol. The number of rotatable bonds is 4. The van der Waals surface area contributed by atoms with Crippen LogP contribution in [0.25, 0.3) is 10.9 Å². The molecule has 22 heavy (non-hydrogen) atoms. The zero-order chi connectivity index (χ0) is 15.5. The van der Waals surface area contributed by atoms with Crippen LogP contribution in [0.1, 0.15) is 34.1 Å².